The monoisotopic (exact) mass is 565 g/mol. The molecule has 5 nitrogen and oxygen atoms in total. The molecule has 40 heavy (non-hydrogen) atoms. The highest BCUT2D eigenvalue weighted by molar-refractivity contribution is 5.77. The number of halogens is 3. The van der Waals surface area contributed by atoms with Crippen LogP contribution in [0.25, 0.3) is 0 Å². The maximum absolute atomic E-state index is 13.5. The number of carbonyl (C=O) groups excluding carboxylic acids is 1. The van der Waals surface area contributed by atoms with Crippen molar-refractivity contribution in [3.8, 4) is 6.07 Å². The zero-order valence-electron chi connectivity index (χ0n) is 24.9. The van der Waals surface area contributed by atoms with Crippen LogP contribution in [0.1, 0.15) is 106 Å². The van der Waals surface area contributed by atoms with Gasteiger partial charge < -0.3 is 9.84 Å². The van der Waals surface area contributed by atoms with Gasteiger partial charge >= 0.3 is 18.1 Å². The van der Waals surface area contributed by atoms with Crippen molar-refractivity contribution in [2.75, 3.05) is 0 Å². The van der Waals surface area contributed by atoms with Gasteiger partial charge in [-0.05, 0) is 98.7 Å². The number of aliphatic carboxylic acids is 1. The summed E-state index contributed by atoms with van der Waals surface area (Å²) in [5, 5.41) is 20.2. The van der Waals surface area contributed by atoms with Gasteiger partial charge in [-0.2, -0.15) is 18.4 Å². The molecule has 0 heterocycles. The quantitative estimate of drug-likeness (QED) is 0.269. The Morgan fingerprint density at radius 2 is 1.62 bits per heavy atom. The van der Waals surface area contributed by atoms with Crippen LogP contribution in [-0.4, -0.2) is 29.3 Å². The van der Waals surface area contributed by atoms with Crippen LogP contribution in [0.5, 0.6) is 0 Å². The van der Waals surface area contributed by atoms with E-state index in [2.05, 4.69) is 40.3 Å². The molecule has 224 valence electrons. The van der Waals surface area contributed by atoms with Gasteiger partial charge in [-0.25, -0.2) is 4.79 Å². The lowest BCUT2D eigenvalue weighted by Gasteiger charge is -2.72. The van der Waals surface area contributed by atoms with E-state index in [1.807, 2.05) is 13.8 Å². The van der Waals surface area contributed by atoms with Crippen LogP contribution in [0, 0.1) is 62.1 Å². The van der Waals surface area contributed by atoms with Gasteiger partial charge in [0.25, 0.3) is 0 Å². The zero-order valence-corrected chi connectivity index (χ0v) is 24.9. The third-order valence-electron chi connectivity index (χ3n) is 12.9. The van der Waals surface area contributed by atoms with Crippen molar-refractivity contribution in [2.45, 2.75) is 118 Å². The molecule has 1 N–H and O–H groups in total. The number of ether oxygens (including phenoxy) is 1. The summed E-state index contributed by atoms with van der Waals surface area (Å²) in [6.07, 6.45) is -0.0364. The Kier molecular flexibility index (Phi) is 7.55. The predicted octanol–water partition coefficient (Wildman–Crippen LogP) is 8.10. The van der Waals surface area contributed by atoms with Gasteiger partial charge in [0.1, 0.15) is 6.10 Å². The first-order valence-electron chi connectivity index (χ1n) is 14.9. The van der Waals surface area contributed by atoms with Crippen LogP contribution in [0.15, 0.2) is 12.2 Å². The molecule has 4 aliphatic carbocycles. The minimum absolute atomic E-state index is 0.155. The third kappa shape index (κ3) is 4.31. The number of rotatable bonds is 5. The molecule has 9 atom stereocenters. The van der Waals surface area contributed by atoms with E-state index in [0.29, 0.717) is 38.5 Å². The first kappa shape index (κ1) is 30.9. The smallest absolute Gasteiger partial charge is 0.481 e. The lowest BCUT2D eigenvalue weighted by molar-refractivity contribution is -0.264. The molecular weight excluding hydrogens is 519 g/mol. The van der Waals surface area contributed by atoms with Gasteiger partial charge in [0.05, 0.1) is 11.5 Å². The van der Waals surface area contributed by atoms with E-state index in [-0.39, 0.29) is 34.0 Å². The lowest BCUT2D eigenvalue weighted by Crippen LogP contribution is -2.69. The maximum Gasteiger partial charge on any atom is 0.490 e. The Morgan fingerprint density at radius 3 is 2.17 bits per heavy atom. The van der Waals surface area contributed by atoms with Crippen molar-refractivity contribution in [2.24, 2.45) is 50.7 Å². The Balaban J connectivity index is 1.84. The number of carbonyl (C=O) groups is 2. The summed E-state index contributed by atoms with van der Waals surface area (Å²) in [5.74, 6) is -3.60. The molecule has 0 unspecified atom stereocenters. The van der Waals surface area contributed by atoms with Gasteiger partial charge in [0.15, 0.2) is 0 Å². The molecule has 8 heteroatoms. The second-order valence-corrected chi connectivity index (χ2v) is 15.0. The minimum atomic E-state index is -5.15. The fraction of sp³-hybridized carbons (Fsp3) is 0.844. The number of hydrogen-bond acceptors (Lipinski definition) is 4. The molecule has 4 rings (SSSR count). The Labute approximate surface area is 236 Å². The maximum atomic E-state index is 13.5. The molecule has 0 aliphatic heterocycles. The number of hydrogen-bond donors (Lipinski definition) is 1. The predicted molar refractivity (Wildman–Crippen MR) is 145 cm³/mol. The molecule has 0 aromatic heterocycles. The third-order valence-corrected chi connectivity index (χ3v) is 12.9. The van der Waals surface area contributed by atoms with Crippen molar-refractivity contribution in [3.63, 3.8) is 0 Å². The summed E-state index contributed by atoms with van der Waals surface area (Å²) >= 11 is 0. The van der Waals surface area contributed by atoms with E-state index in [1.165, 1.54) is 0 Å². The summed E-state index contributed by atoms with van der Waals surface area (Å²) in [7, 11) is 0. The van der Waals surface area contributed by atoms with Gasteiger partial charge in [-0.1, -0.05) is 46.8 Å². The number of carboxylic acid groups (broad SMARTS) is 1. The molecule has 0 aromatic rings. The highest BCUT2D eigenvalue weighted by atomic mass is 19.4. The molecule has 0 aromatic carbocycles. The van der Waals surface area contributed by atoms with E-state index < -0.39 is 41.0 Å². The normalized spacial score (nSPS) is 44.2. The van der Waals surface area contributed by atoms with Crippen molar-refractivity contribution < 1.29 is 32.6 Å². The number of alkyl halides is 3. The van der Waals surface area contributed by atoms with Gasteiger partial charge in [0, 0.05) is 17.8 Å². The second kappa shape index (κ2) is 9.76. The van der Waals surface area contributed by atoms with Gasteiger partial charge in [-0.3, -0.25) is 4.79 Å². The van der Waals surface area contributed by atoms with E-state index in [9.17, 15) is 33.1 Å². The molecule has 0 spiro atoms. The SMILES string of the molecule is C=C(C)[C@@H]1CC[C@]2(C)[C@H](CC[C@@H]3[C@H]4[C@@H](OC(=O)C(F)(F)F)C(C)(C)CC[C@]4(C(=O)O)CC[C@]32C)[C@@]1(C)CCC#N. The highest BCUT2D eigenvalue weighted by Crippen LogP contribution is 2.75. The topological polar surface area (TPSA) is 87.4 Å². The largest absolute Gasteiger partial charge is 0.490 e. The van der Waals surface area contributed by atoms with E-state index in [0.717, 1.165) is 31.3 Å². The molecule has 0 amide bonds. The van der Waals surface area contributed by atoms with Crippen LogP contribution < -0.4 is 0 Å². The standard InChI is InChI=1S/C32H46F3NO4/c1-19(2)20-11-13-30(7)22(28(20,5)12-8-18-36)10-9-21-23-24(40-26(39)32(33,34)35)27(3,4)14-16-31(23,25(37)38)17-15-29(21,30)6/h20-24H,1,8-17H2,2-7H3,(H,37,38)/t20-,21+,22+,23-,24+,28-,29+,30+,31-/m0/s1. The van der Waals surface area contributed by atoms with Crippen LogP contribution in [0.3, 0.4) is 0 Å². The summed E-state index contributed by atoms with van der Waals surface area (Å²) in [5.41, 5.74) is -1.62. The zero-order chi connectivity index (χ0) is 30.1. The fourth-order valence-corrected chi connectivity index (χ4v) is 10.6. The van der Waals surface area contributed by atoms with Crippen molar-refractivity contribution >= 4 is 11.9 Å². The van der Waals surface area contributed by atoms with E-state index >= 15 is 0 Å². The Hall–Kier alpha value is -2.04. The van der Waals surface area contributed by atoms with Crippen molar-refractivity contribution in [1.29, 1.82) is 5.26 Å². The summed E-state index contributed by atoms with van der Waals surface area (Å²) in [6, 6.07) is 2.34. The molecule has 0 bridgehead atoms. The summed E-state index contributed by atoms with van der Waals surface area (Å²) in [4.78, 5) is 25.3. The van der Waals surface area contributed by atoms with E-state index in [4.69, 9.17) is 4.74 Å². The molecule has 4 fully saturated rings. The van der Waals surface area contributed by atoms with Crippen molar-refractivity contribution in [3.05, 3.63) is 12.2 Å². The number of fused-ring (bicyclic) bond motifs is 5. The lowest BCUT2D eigenvalue weighted by atomic mass is 9.32. The van der Waals surface area contributed by atoms with Gasteiger partial charge in [0.2, 0.25) is 0 Å². The van der Waals surface area contributed by atoms with Crippen LogP contribution in [-0.2, 0) is 14.3 Å². The molecule has 0 radical (unpaired) electrons. The first-order chi connectivity index (χ1) is 18.3. The average Bonchev–Trinajstić information content (AvgIpc) is 2.84. The Morgan fingerprint density at radius 1 is 1.00 bits per heavy atom. The number of carboxylic acids is 1. The van der Waals surface area contributed by atoms with Crippen LogP contribution in [0.4, 0.5) is 13.2 Å². The van der Waals surface area contributed by atoms with Crippen LogP contribution >= 0.6 is 0 Å². The number of nitriles is 1. The number of esters is 1. The highest BCUT2D eigenvalue weighted by Gasteiger charge is 2.72. The van der Waals surface area contributed by atoms with Gasteiger partial charge in [-0.15, -0.1) is 0 Å². The van der Waals surface area contributed by atoms with E-state index in [1.54, 1.807) is 0 Å². The molecule has 4 aliphatic rings. The molecule has 4 saturated carbocycles. The number of allylic oxidation sites excluding steroid dienone is 1. The summed E-state index contributed by atoms with van der Waals surface area (Å²) in [6.45, 7) is 16.8. The molecular formula is C32H46F3NO4. The van der Waals surface area contributed by atoms with Crippen molar-refractivity contribution in [1.82, 2.24) is 0 Å². The van der Waals surface area contributed by atoms with Crippen LogP contribution in [0.2, 0.25) is 0 Å². The fourth-order valence-electron chi connectivity index (χ4n) is 10.6. The molecule has 0 saturated heterocycles. The number of nitrogens with zero attached hydrogens (tertiary/aromatic N) is 1. The second-order valence-electron chi connectivity index (χ2n) is 15.0. The minimum Gasteiger partial charge on any atom is -0.481 e. The Bertz CT molecular complexity index is 1110. The summed E-state index contributed by atoms with van der Waals surface area (Å²) < 4.78 is 45.8. The first-order valence-corrected chi connectivity index (χ1v) is 14.9. The average molecular weight is 566 g/mol.